The number of amides is 1. The summed E-state index contributed by atoms with van der Waals surface area (Å²) in [4.78, 5) is 15.2. The van der Waals surface area contributed by atoms with Crippen LogP contribution in [0.2, 0.25) is 0 Å². The lowest BCUT2D eigenvalue weighted by Crippen LogP contribution is -2.55. The first kappa shape index (κ1) is 22.0. The highest BCUT2D eigenvalue weighted by Crippen LogP contribution is 2.26. The van der Waals surface area contributed by atoms with Crippen molar-refractivity contribution in [1.82, 2.24) is 9.80 Å². The third kappa shape index (κ3) is 5.88. The van der Waals surface area contributed by atoms with Crippen molar-refractivity contribution in [3.8, 4) is 5.75 Å². The van der Waals surface area contributed by atoms with E-state index in [0.29, 0.717) is 63.5 Å². The van der Waals surface area contributed by atoms with Gasteiger partial charge in [0.15, 0.2) is 0 Å². The van der Waals surface area contributed by atoms with Crippen molar-refractivity contribution in [2.24, 2.45) is 0 Å². The maximum Gasteiger partial charge on any atom is 0.219 e. The van der Waals surface area contributed by atoms with Crippen LogP contribution in [0.25, 0.3) is 0 Å². The second kappa shape index (κ2) is 8.95. The standard InChI is InChI=1S/C21H31FN2O5/c1-16-11-18(3-4-19(16)22)29-15-21(27)13-23(9-10-28-14-21)12-20(26)5-7-24(8-6-20)17(2)25/h3-4,11,26-27H,5-10,12-15H2,1-2H3. The molecule has 2 heterocycles. The predicted molar refractivity (Wildman–Crippen MR) is 105 cm³/mol. The molecule has 2 saturated heterocycles. The quantitative estimate of drug-likeness (QED) is 0.752. The van der Waals surface area contributed by atoms with Crippen LogP contribution in [0.1, 0.15) is 25.3 Å². The lowest BCUT2D eigenvalue weighted by molar-refractivity contribution is -0.134. The summed E-state index contributed by atoms with van der Waals surface area (Å²) in [6.45, 7) is 6.15. The molecule has 1 aromatic rings. The molecule has 1 amide bonds. The van der Waals surface area contributed by atoms with Crippen LogP contribution in [0.5, 0.6) is 5.75 Å². The number of β-amino-alcohol motifs (C(OH)–C–C–N with tert-alkyl or cyclic N) is 2. The minimum atomic E-state index is -1.24. The highest BCUT2D eigenvalue weighted by atomic mass is 19.1. The van der Waals surface area contributed by atoms with E-state index in [-0.39, 0.29) is 24.9 Å². The topological polar surface area (TPSA) is 82.5 Å². The second-order valence-electron chi connectivity index (χ2n) is 8.42. The van der Waals surface area contributed by atoms with E-state index in [9.17, 15) is 19.4 Å². The number of aryl methyl sites for hydroxylation is 1. The van der Waals surface area contributed by atoms with Crippen molar-refractivity contribution >= 4 is 5.91 Å². The van der Waals surface area contributed by atoms with E-state index in [1.165, 1.54) is 12.1 Å². The Morgan fingerprint density at radius 2 is 1.97 bits per heavy atom. The van der Waals surface area contributed by atoms with Crippen molar-refractivity contribution in [2.45, 2.75) is 37.9 Å². The normalized spacial score (nSPS) is 25.5. The van der Waals surface area contributed by atoms with E-state index < -0.39 is 11.2 Å². The predicted octanol–water partition coefficient (Wildman–Crippen LogP) is 0.950. The molecular weight excluding hydrogens is 379 g/mol. The summed E-state index contributed by atoms with van der Waals surface area (Å²) in [7, 11) is 0. The van der Waals surface area contributed by atoms with Gasteiger partial charge in [-0.1, -0.05) is 0 Å². The smallest absolute Gasteiger partial charge is 0.219 e. The number of carbonyl (C=O) groups is 1. The van der Waals surface area contributed by atoms with Gasteiger partial charge in [-0.15, -0.1) is 0 Å². The molecule has 29 heavy (non-hydrogen) atoms. The summed E-state index contributed by atoms with van der Waals surface area (Å²) in [5, 5.41) is 22.0. The summed E-state index contributed by atoms with van der Waals surface area (Å²) in [5.41, 5.74) is -1.66. The molecule has 1 unspecified atom stereocenters. The average Bonchev–Trinajstić information content (AvgIpc) is 2.84. The monoisotopic (exact) mass is 410 g/mol. The molecule has 8 heteroatoms. The van der Waals surface area contributed by atoms with Gasteiger partial charge in [-0.3, -0.25) is 9.69 Å². The molecule has 1 aromatic carbocycles. The summed E-state index contributed by atoms with van der Waals surface area (Å²) in [6.07, 6.45) is 1.02. The molecule has 0 saturated carbocycles. The number of nitrogens with zero attached hydrogens (tertiary/aromatic N) is 2. The van der Waals surface area contributed by atoms with Gasteiger partial charge < -0.3 is 24.6 Å². The van der Waals surface area contributed by atoms with Crippen LogP contribution in [0.15, 0.2) is 18.2 Å². The average molecular weight is 410 g/mol. The molecule has 2 aliphatic heterocycles. The molecule has 7 nitrogen and oxygen atoms in total. The van der Waals surface area contributed by atoms with Crippen LogP contribution in [0.4, 0.5) is 4.39 Å². The Hall–Kier alpha value is -1.74. The van der Waals surface area contributed by atoms with Crippen molar-refractivity contribution in [1.29, 1.82) is 0 Å². The fraction of sp³-hybridized carbons (Fsp3) is 0.667. The van der Waals surface area contributed by atoms with Gasteiger partial charge >= 0.3 is 0 Å². The van der Waals surface area contributed by atoms with Crippen molar-refractivity contribution < 1.29 is 28.9 Å². The summed E-state index contributed by atoms with van der Waals surface area (Å²) >= 11 is 0. The molecule has 2 fully saturated rings. The van der Waals surface area contributed by atoms with E-state index in [1.807, 2.05) is 4.90 Å². The molecule has 2 N–H and O–H groups in total. The maximum atomic E-state index is 13.4. The molecule has 0 aliphatic carbocycles. The van der Waals surface area contributed by atoms with Gasteiger partial charge in [0, 0.05) is 39.6 Å². The molecule has 3 rings (SSSR count). The Kier molecular flexibility index (Phi) is 6.78. The third-order valence-corrected chi connectivity index (χ3v) is 5.73. The van der Waals surface area contributed by atoms with Gasteiger partial charge in [-0.05, 0) is 43.5 Å². The number of halogens is 1. The molecule has 0 aromatic heterocycles. The first-order valence-electron chi connectivity index (χ1n) is 10.1. The zero-order chi connectivity index (χ0) is 21.1. The summed E-state index contributed by atoms with van der Waals surface area (Å²) in [6, 6.07) is 4.47. The maximum absolute atomic E-state index is 13.4. The number of hydrogen-bond acceptors (Lipinski definition) is 6. The van der Waals surface area contributed by atoms with Gasteiger partial charge in [-0.2, -0.15) is 0 Å². The second-order valence-corrected chi connectivity index (χ2v) is 8.42. The van der Waals surface area contributed by atoms with E-state index in [1.54, 1.807) is 24.8 Å². The van der Waals surface area contributed by atoms with Crippen molar-refractivity contribution in [3.63, 3.8) is 0 Å². The zero-order valence-electron chi connectivity index (χ0n) is 17.2. The fourth-order valence-corrected chi connectivity index (χ4v) is 3.96. The Morgan fingerprint density at radius 3 is 2.62 bits per heavy atom. The molecule has 0 spiro atoms. The van der Waals surface area contributed by atoms with E-state index in [0.717, 1.165) is 0 Å². The van der Waals surface area contributed by atoms with Crippen LogP contribution >= 0.6 is 0 Å². The number of benzene rings is 1. The van der Waals surface area contributed by atoms with Crippen LogP contribution in [-0.2, 0) is 9.53 Å². The van der Waals surface area contributed by atoms with Crippen LogP contribution < -0.4 is 4.74 Å². The highest BCUT2D eigenvalue weighted by Gasteiger charge is 2.39. The number of hydrogen-bond donors (Lipinski definition) is 2. The van der Waals surface area contributed by atoms with E-state index >= 15 is 0 Å². The Bertz CT molecular complexity index is 723. The van der Waals surface area contributed by atoms with E-state index in [4.69, 9.17) is 9.47 Å². The summed E-state index contributed by atoms with van der Waals surface area (Å²) < 4.78 is 24.7. The number of likely N-dealkylation sites (tertiary alicyclic amines) is 1. The molecule has 0 radical (unpaired) electrons. The number of aliphatic hydroxyl groups is 2. The lowest BCUT2D eigenvalue weighted by Gasteiger charge is -2.41. The van der Waals surface area contributed by atoms with Crippen LogP contribution in [-0.4, -0.2) is 89.7 Å². The Balaban J connectivity index is 1.58. The molecular formula is C21H31FN2O5. The molecule has 2 aliphatic rings. The third-order valence-electron chi connectivity index (χ3n) is 5.73. The number of carbonyl (C=O) groups excluding carboxylic acids is 1. The highest BCUT2D eigenvalue weighted by molar-refractivity contribution is 5.73. The summed E-state index contributed by atoms with van der Waals surface area (Å²) in [5.74, 6) is 0.213. The van der Waals surface area contributed by atoms with Crippen molar-refractivity contribution in [3.05, 3.63) is 29.6 Å². The molecule has 0 bridgehead atoms. The Labute approximate surface area is 171 Å². The SMILES string of the molecule is CC(=O)N1CCC(O)(CN2CCOCC(O)(COc3ccc(F)c(C)c3)C2)CC1. The van der Waals surface area contributed by atoms with Gasteiger partial charge in [0.25, 0.3) is 0 Å². The number of ether oxygens (including phenoxy) is 2. The van der Waals surface area contributed by atoms with E-state index in [2.05, 4.69) is 0 Å². The van der Waals surface area contributed by atoms with Gasteiger partial charge in [0.1, 0.15) is 23.8 Å². The number of piperidine rings is 1. The van der Waals surface area contributed by atoms with Gasteiger partial charge in [0.2, 0.25) is 5.91 Å². The molecule has 162 valence electrons. The first-order valence-corrected chi connectivity index (χ1v) is 10.1. The van der Waals surface area contributed by atoms with Crippen LogP contribution in [0, 0.1) is 12.7 Å². The largest absolute Gasteiger partial charge is 0.490 e. The Morgan fingerprint density at radius 1 is 1.24 bits per heavy atom. The minimum Gasteiger partial charge on any atom is -0.490 e. The lowest BCUT2D eigenvalue weighted by atomic mass is 9.90. The van der Waals surface area contributed by atoms with Crippen LogP contribution in [0.3, 0.4) is 0 Å². The fourth-order valence-electron chi connectivity index (χ4n) is 3.96. The molecule has 1 atom stereocenters. The van der Waals surface area contributed by atoms with Gasteiger partial charge in [-0.25, -0.2) is 4.39 Å². The first-order chi connectivity index (χ1) is 13.7. The zero-order valence-corrected chi connectivity index (χ0v) is 17.2. The number of rotatable bonds is 5. The van der Waals surface area contributed by atoms with Gasteiger partial charge in [0.05, 0.1) is 18.8 Å². The minimum absolute atomic E-state index is 0.00507. The van der Waals surface area contributed by atoms with Crippen molar-refractivity contribution in [2.75, 3.05) is 52.5 Å².